The second-order valence-electron chi connectivity index (χ2n) is 9.76. The van der Waals surface area contributed by atoms with Crippen molar-refractivity contribution in [1.29, 1.82) is 0 Å². The van der Waals surface area contributed by atoms with Gasteiger partial charge in [0.25, 0.3) is 0 Å². The van der Waals surface area contributed by atoms with Gasteiger partial charge in [-0.1, -0.05) is 69.5 Å². The molecule has 1 fully saturated rings. The fourth-order valence-electron chi connectivity index (χ4n) is 5.23. The average molecular weight is 589 g/mol. The van der Waals surface area contributed by atoms with Gasteiger partial charge in [0.1, 0.15) is 5.82 Å². The quantitative estimate of drug-likeness (QED) is 0.179. The Balaban J connectivity index is 1.48. The lowest BCUT2D eigenvalue weighted by molar-refractivity contribution is 0.293. The van der Waals surface area contributed by atoms with Crippen molar-refractivity contribution in [3.63, 3.8) is 0 Å². The van der Waals surface area contributed by atoms with Crippen molar-refractivity contribution >= 4 is 22.6 Å². The second-order valence-corrected chi connectivity index (χ2v) is 10.8. The highest BCUT2D eigenvalue weighted by Gasteiger charge is 2.22. The first kappa shape index (κ1) is 26.1. The standard InChI is InChI=1S/C31H35F2IO/c1-3-5-19-35-29-18-17-27(31(34)30(29)33)24-13-11-23(12-14-24)26-16-15-25(20-28(26)32)22-9-7-21(6-4-2)8-10-22/h11-18,20-22H,3-10,19H2,1-2H3. The lowest BCUT2D eigenvalue weighted by Gasteiger charge is -2.28. The van der Waals surface area contributed by atoms with Crippen LogP contribution >= 0.6 is 22.6 Å². The van der Waals surface area contributed by atoms with Crippen molar-refractivity contribution in [3.05, 3.63) is 75.4 Å². The van der Waals surface area contributed by atoms with Crippen LogP contribution in [0.4, 0.5) is 8.78 Å². The van der Waals surface area contributed by atoms with Gasteiger partial charge in [-0.2, -0.15) is 0 Å². The van der Waals surface area contributed by atoms with E-state index in [1.54, 1.807) is 12.1 Å². The van der Waals surface area contributed by atoms with E-state index in [2.05, 4.69) is 19.9 Å². The van der Waals surface area contributed by atoms with Crippen LogP contribution in [0.25, 0.3) is 22.3 Å². The molecule has 1 saturated carbocycles. The maximum absolute atomic E-state index is 15.1. The molecular weight excluding hydrogens is 553 g/mol. The Kier molecular flexibility index (Phi) is 9.21. The van der Waals surface area contributed by atoms with Crippen molar-refractivity contribution in [2.24, 2.45) is 5.92 Å². The van der Waals surface area contributed by atoms with E-state index in [0.29, 0.717) is 27.4 Å². The van der Waals surface area contributed by atoms with Crippen LogP contribution in [-0.4, -0.2) is 6.61 Å². The minimum absolute atomic E-state index is 0.167. The Morgan fingerprint density at radius 2 is 1.49 bits per heavy atom. The van der Waals surface area contributed by atoms with Gasteiger partial charge in [0.05, 0.1) is 10.2 Å². The highest BCUT2D eigenvalue weighted by Crippen LogP contribution is 2.39. The van der Waals surface area contributed by atoms with Gasteiger partial charge in [-0.3, -0.25) is 0 Å². The lowest BCUT2D eigenvalue weighted by Crippen LogP contribution is -2.13. The van der Waals surface area contributed by atoms with Gasteiger partial charge < -0.3 is 4.74 Å². The highest BCUT2D eigenvalue weighted by atomic mass is 127. The van der Waals surface area contributed by atoms with E-state index < -0.39 is 0 Å². The Labute approximate surface area is 222 Å². The van der Waals surface area contributed by atoms with Crippen LogP contribution in [0, 0.1) is 21.1 Å². The molecule has 186 valence electrons. The van der Waals surface area contributed by atoms with Crippen LogP contribution in [0.5, 0.6) is 5.75 Å². The maximum Gasteiger partial charge on any atom is 0.178 e. The summed E-state index contributed by atoms with van der Waals surface area (Å²) < 4.78 is 36.1. The SMILES string of the molecule is CCCCOc1ccc(-c2ccc(-c3ccc(C4CCC(CCC)CC4)cc3F)cc2)c(I)c1F. The van der Waals surface area contributed by atoms with E-state index in [0.717, 1.165) is 53.9 Å². The number of hydrogen-bond donors (Lipinski definition) is 0. The molecule has 0 aromatic heterocycles. The molecule has 0 heterocycles. The molecule has 4 heteroatoms. The summed E-state index contributed by atoms with van der Waals surface area (Å²) in [7, 11) is 0. The molecule has 3 aromatic rings. The molecule has 0 radical (unpaired) electrons. The van der Waals surface area contributed by atoms with E-state index in [4.69, 9.17) is 4.74 Å². The van der Waals surface area contributed by atoms with E-state index in [-0.39, 0.29) is 11.6 Å². The third-order valence-corrected chi connectivity index (χ3v) is 8.37. The zero-order valence-electron chi connectivity index (χ0n) is 20.8. The van der Waals surface area contributed by atoms with Crippen LogP contribution in [0.2, 0.25) is 0 Å². The highest BCUT2D eigenvalue weighted by molar-refractivity contribution is 14.1. The van der Waals surface area contributed by atoms with Gasteiger partial charge in [-0.15, -0.1) is 0 Å². The lowest BCUT2D eigenvalue weighted by atomic mass is 9.77. The van der Waals surface area contributed by atoms with Gasteiger partial charge in [0, 0.05) is 5.56 Å². The van der Waals surface area contributed by atoms with Crippen LogP contribution in [0.1, 0.15) is 76.7 Å². The summed E-state index contributed by atoms with van der Waals surface area (Å²) in [5.41, 5.74) is 4.29. The summed E-state index contributed by atoms with van der Waals surface area (Å²) in [6, 6.07) is 17.1. The van der Waals surface area contributed by atoms with Crippen molar-refractivity contribution < 1.29 is 13.5 Å². The smallest absolute Gasteiger partial charge is 0.178 e. The number of unbranched alkanes of at least 4 members (excludes halogenated alkanes) is 1. The fraction of sp³-hybridized carbons (Fsp3) is 0.419. The van der Waals surface area contributed by atoms with Gasteiger partial charge in [-0.05, 0) is 107 Å². The predicted molar refractivity (Wildman–Crippen MR) is 150 cm³/mol. The summed E-state index contributed by atoms with van der Waals surface area (Å²) in [6.45, 7) is 4.85. The summed E-state index contributed by atoms with van der Waals surface area (Å²) in [4.78, 5) is 0. The van der Waals surface area contributed by atoms with Crippen molar-refractivity contribution in [2.45, 2.75) is 71.1 Å². The van der Waals surface area contributed by atoms with Gasteiger partial charge in [-0.25, -0.2) is 8.78 Å². The molecule has 0 saturated heterocycles. The first-order chi connectivity index (χ1) is 17.0. The molecule has 0 N–H and O–H groups in total. The number of hydrogen-bond acceptors (Lipinski definition) is 1. The summed E-state index contributed by atoms with van der Waals surface area (Å²) in [5, 5.41) is 0. The minimum Gasteiger partial charge on any atom is -0.490 e. The summed E-state index contributed by atoms with van der Waals surface area (Å²) in [6.07, 6.45) is 9.32. The number of ether oxygens (including phenoxy) is 1. The van der Waals surface area contributed by atoms with Crippen LogP contribution in [-0.2, 0) is 0 Å². The first-order valence-electron chi connectivity index (χ1n) is 13.0. The largest absolute Gasteiger partial charge is 0.490 e. The predicted octanol–water partition coefficient (Wildman–Crippen LogP) is 10.2. The first-order valence-corrected chi connectivity index (χ1v) is 14.1. The fourth-order valence-corrected chi connectivity index (χ4v) is 5.99. The van der Waals surface area contributed by atoms with Crippen molar-refractivity contribution in [2.75, 3.05) is 6.61 Å². The van der Waals surface area contributed by atoms with E-state index in [9.17, 15) is 4.39 Å². The molecule has 1 nitrogen and oxygen atoms in total. The molecular formula is C31H35F2IO. The number of rotatable bonds is 9. The Hall–Kier alpha value is -1.95. The number of benzene rings is 3. The molecule has 0 amide bonds. The number of halogens is 3. The summed E-state index contributed by atoms with van der Waals surface area (Å²) in [5.74, 6) is 1.12. The molecule has 0 bridgehead atoms. The Morgan fingerprint density at radius 1 is 0.829 bits per heavy atom. The second kappa shape index (κ2) is 12.3. The molecule has 0 unspecified atom stereocenters. The van der Waals surface area contributed by atoms with Crippen LogP contribution in [0.15, 0.2) is 54.6 Å². The minimum atomic E-state index is -0.325. The third-order valence-electron chi connectivity index (χ3n) is 7.32. The van der Waals surface area contributed by atoms with E-state index in [1.807, 2.05) is 59.0 Å². The van der Waals surface area contributed by atoms with Crippen LogP contribution < -0.4 is 4.74 Å². The maximum atomic E-state index is 15.1. The molecule has 0 atom stereocenters. The zero-order valence-corrected chi connectivity index (χ0v) is 22.9. The van der Waals surface area contributed by atoms with Crippen LogP contribution in [0.3, 0.4) is 0 Å². The molecule has 35 heavy (non-hydrogen) atoms. The molecule has 0 spiro atoms. The van der Waals surface area contributed by atoms with Crippen molar-refractivity contribution in [3.8, 4) is 28.0 Å². The van der Waals surface area contributed by atoms with Gasteiger partial charge in [0.15, 0.2) is 11.6 Å². The normalized spacial score (nSPS) is 18.0. The topological polar surface area (TPSA) is 9.23 Å². The molecule has 0 aliphatic heterocycles. The molecule has 1 aliphatic carbocycles. The molecule has 3 aromatic carbocycles. The Bertz CT molecular complexity index is 1120. The zero-order chi connectivity index (χ0) is 24.8. The van der Waals surface area contributed by atoms with E-state index in [1.165, 1.54) is 25.7 Å². The van der Waals surface area contributed by atoms with Crippen molar-refractivity contribution in [1.82, 2.24) is 0 Å². The molecule has 4 rings (SSSR count). The van der Waals surface area contributed by atoms with E-state index >= 15 is 4.39 Å². The Morgan fingerprint density at radius 3 is 2.11 bits per heavy atom. The van der Waals surface area contributed by atoms with Gasteiger partial charge in [0.2, 0.25) is 0 Å². The third kappa shape index (κ3) is 6.25. The van der Waals surface area contributed by atoms with Gasteiger partial charge >= 0.3 is 0 Å². The monoisotopic (exact) mass is 588 g/mol. The summed E-state index contributed by atoms with van der Waals surface area (Å²) >= 11 is 2.04. The molecule has 1 aliphatic rings. The average Bonchev–Trinajstić information content (AvgIpc) is 2.88.